The lowest BCUT2D eigenvalue weighted by atomic mass is 9.93. The van der Waals surface area contributed by atoms with Crippen LogP contribution in [-0.4, -0.2) is 13.2 Å². The van der Waals surface area contributed by atoms with Gasteiger partial charge in [0.2, 0.25) is 0 Å². The Morgan fingerprint density at radius 1 is 0.364 bits per heavy atom. The second kappa shape index (κ2) is 16.9. The molecule has 2 heteroatoms. The van der Waals surface area contributed by atoms with Gasteiger partial charge in [0, 0.05) is 10.8 Å². The number of unbranched alkanes of at least 4 members (excludes halogenated alkanes) is 10. The number of benzene rings is 5. The van der Waals surface area contributed by atoms with Gasteiger partial charge in [-0.15, -0.1) is 0 Å². The van der Waals surface area contributed by atoms with Crippen LogP contribution in [0.4, 0.5) is 0 Å². The predicted molar refractivity (Wildman–Crippen MR) is 190 cm³/mol. The van der Waals surface area contributed by atoms with Gasteiger partial charge in [0.05, 0.1) is 13.2 Å². The van der Waals surface area contributed by atoms with E-state index in [0.29, 0.717) is 13.2 Å². The van der Waals surface area contributed by atoms with Crippen LogP contribution in [0.3, 0.4) is 0 Å². The van der Waals surface area contributed by atoms with Gasteiger partial charge >= 0.3 is 0 Å². The quantitative estimate of drug-likeness (QED) is 0.0751. The normalized spacial score (nSPS) is 11.3. The van der Waals surface area contributed by atoms with Crippen molar-refractivity contribution in [2.45, 2.75) is 90.9 Å². The maximum absolute atomic E-state index is 6.71. The number of rotatable bonds is 18. The highest BCUT2D eigenvalue weighted by atomic mass is 16.5. The van der Waals surface area contributed by atoms with E-state index in [0.717, 1.165) is 35.1 Å². The molecule has 5 rings (SSSR count). The average Bonchev–Trinajstić information content (AvgIpc) is 3.08. The van der Waals surface area contributed by atoms with Crippen molar-refractivity contribution in [3.05, 3.63) is 97.1 Å². The van der Waals surface area contributed by atoms with Crippen molar-refractivity contribution in [1.29, 1.82) is 0 Å². The zero-order valence-corrected chi connectivity index (χ0v) is 27.0. The highest BCUT2D eigenvalue weighted by Crippen LogP contribution is 2.46. The molecule has 0 aliphatic carbocycles. The molecule has 0 saturated heterocycles. The zero-order chi connectivity index (χ0) is 30.4. The van der Waals surface area contributed by atoms with Crippen molar-refractivity contribution in [3.8, 4) is 33.8 Å². The molecule has 5 aromatic rings. The van der Waals surface area contributed by atoms with Crippen LogP contribution in [0, 0.1) is 0 Å². The smallest absolute Gasteiger partial charge is 0.169 e. The van der Waals surface area contributed by atoms with Crippen LogP contribution in [-0.2, 0) is 0 Å². The van der Waals surface area contributed by atoms with Crippen LogP contribution in [0.15, 0.2) is 97.1 Å². The summed E-state index contributed by atoms with van der Waals surface area (Å²) >= 11 is 0. The highest BCUT2D eigenvalue weighted by Gasteiger charge is 2.19. The van der Waals surface area contributed by atoms with Crippen LogP contribution in [0.25, 0.3) is 43.8 Å². The van der Waals surface area contributed by atoms with E-state index in [9.17, 15) is 0 Å². The van der Waals surface area contributed by atoms with E-state index in [1.54, 1.807) is 0 Å². The molecular weight excluding hydrogens is 536 g/mol. The monoisotopic (exact) mass is 586 g/mol. The van der Waals surface area contributed by atoms with Gasteiger partial charge in [0.1, 0.15) is 0 Å². The SMILES string of the molecule is CCCCCCCCOc1c(OCCCCCCCC)c2ccc(-c3ccccc3)cc2c2cc(-c3ccccc3)ccc12. The van der Waals surface area contributed by atoms with Gasteiger partial charge in [-0.05, 0) is 70.1 Å². The Bertz CT molecular complexity index is 1450. The van der Waals surface area contributed by atoms with Crippen molar-refractivity contribution >= 4 is 21.5 Å². The van der Waals surface area contributed by atoms with Crippen molar-refractivity contribution < 1.29 is 9.47 Å². The summed E-state index contributed by atoms with van der Waals surface area (Å²) in [5.74, 6) is 1.80. The summed E-state index contributed by atoms with van der Waals surface area (Å²) in [6.45, 7) is 5.96. The van der Waals surface area contributed by atoms with Crippen LogP contribution in [0.2, 0.25) is 0 Å². The first-order valence-electron chi connectivity index (χ1n) is 17.2. The Morgan fingerprint density at radius 3 is 1.16 bits per heavy atom. The van der Waals surface area contributed by atoms with Crippen molar-refractivity contribution in [1.82, 2.24) is 0 Å². The molecule has 0 unspecified atom stereocenters. The van der Waals surface area contributed by atoms with E-state index in [-0.39, 0.29) is 0 Å². The minimum atomic E-state index is 0.711. The number of hydrogen-bond donors (Lipinski definition) is 0. The lowest BCUT2D eigenvalue weighted by molar-refractivity contribution is 0.263. The summed E-state index contributed by atoms with van der Waals surface area (Å²) in [6.07, 6.45) is 14.9. The molecule has 0 aliphatic heterocycles. The molecule has 2 nitrogen and oxygen atoms in total. The largest absolute Gasteiger partial charge is 0.489 e. The van der Waals surface area contributed by atoms with Gasteiger partial charge in [-0.25, -0.2) is 0 Å². The molecule has 0 heterocycles. The van der Waals surface area contributed by atoms with Crippen LogP contribution in [0.1, 0.15) is 90.9 Å². The molecule has 0 aliphatic rings. The summed E-state index contributed by atoms with van der Waals surface area (Å²) in [4.78, 5) is 0. The molecule has 0 fully saturated rings. The van der Waals surface area contributed by atoms with Gasteiger partial charge in [0.25, 0.3) is 0 Å². The van der Waals surface area contributed by atoms with Gasteiger partial charge in [-0.1, -0.05) is 151 Å². The third-order valence-electron chi connectivity index (χ3n) is 8.73. The molecule has 0 amide bonds. The van der Waals surface area contributed by atoms with E-state index >= 15 is 0 Å². The van der Waals surface area contributed by atoms with E-state index in [4.69, 9.17) is 9.47 Å². The number of ether oxygens (including phenoxy) is 2. The van der Waals surface area contributed by atoms with Crippen molar-refractivity contribution in [3.63, 3.8) is 0 Å². The predicted octanol–water partition coefficient (Wildman–Crippen LogP) is 12.8. The second-order valence-corrected chi connectivity index (χ2v) is 12.1. The lowest BCUT2D eigenvalue weighted by Gasteiger charge is -2.20. The summed E-state index contributed by atoms with van der Waals surface area (Å²) in [7, 11) is 0. The van der Waals surface area contributed by atoms with E-state index in [2.05, 4.69) is 111 Å². The fraction of sp³-hybridized carbons (Fsp3) is 0.381. The maximum Gasteiger partial charge on any atom is 0.169 e. The Kier molecular flexibility index (Phi) is 12.2. The Labute approximate surface area is 265 Å². The van der Waals surface area contributed by atoms with Gasteiger partial charge in [0.15, 0.2) is 11.5 Å². The van der Waals surface area contributed by atoms with Crippen molar-refractivity contribution in [2.24, 2.45) is 0 Å². The van der Waals surface area contributed by atoms with Crippen LogP contribution < -0.4 is 9.47 Å². The Hall–Kier alpha value is -3.78. The molecule has 44 heavy (non-hydrogen) atoms. The van der Waals surface area contributed by atoms with Gasteiger partial charge in [-0.2, -0.15) is 0 Å². The molecule has 0 N–H and O–H groups in total. The first-order valence-corrected chi connectivity index (χ1v) is 17.2. The first-order chi connectivity index (χ1) is 21.8. The van der Waals surface area contributed by atoms with E-state index in [1.165, 1.54) is 97.2 Å². The molecule has 0 radical (unpaired) electrons. The number of fused-ring (bicyclic) bond motifs is 3. The van der Waals surface area contributed by atoms with E-state index in [1.807, 2.05) is 0 Å². The molecule has 0 aromatic heterocycles. The molecule has 5 aromatic carbocycles. The molecule has 230 valence electrons. The van der Waals surface area contributed by atoms with Gasteiger partial charge in [-0.3, -0.25) is 0 Å². The lowest BCUT2D eigenvalue weighted by Crippen LogP contribution is -2.04. The van der Waals surface area contributed by atoms with E-state index < -0.39 is 0 Å². The Morgan fingerprint density at radius 2 is 0.750 bits per heavy atom. The summed E-state index contributed by atoms with van der Waals surface area (Å²) in [6, 6.07) is 35.0. The number of hydrogen-bond acceptors (Lipinski definition) is 2. The second-order valence-electron chi connectivity index (χ2n) is 12.1. The molecule has 0 bridgehead atoms. The highest BCUT2D eigenvalue weighted by molar-refractivity contribution is 6.15. The molecular formula is C42H50O2. The third-order valence-corrected chi connectivity index (χ3v) is 8.73. The zero-order valence-electron chi connectivity index (χ0n) is 27.0. The minimum absolute atomic E-state index is 0.711. The Balaban J connectivity index is 1.55. The fourth-order valence-corrected chi connectivity index (χ4v) is 6.19. The average molecular weight is 587 g/mol. The summed E-state index contributed by atoms with van der Waals surface area (Å²) < 4.78 is 13.4. The molecule has 0 spiro atoms. The fourth-order valence-electron chi connectivity index (χ4n) is 6.19. The van der Waals surface area contributed by atoms with Crippen LogP contribution >= 0.6 is 0 Å². The third kappa shape index (κ3) is 8.23. The summed E-state index contributed by atoms with van der Waals surface area (Å²) in [5.41, 5.74) is 4.87. The topological polar surface area (TPSA) is 18.5 Å². The first kappa shape index (κ1) is 31.6. The van der Waals surface area contributed by atoms with Gasteiger partial charge < -0.3 is 9.47 Å². The van der Waals surface area contributed by atoms with Crippen molar-refractivity contribution in [2.75, 3.05) is 13.2 Å². The molecule has 0 saturated carbocycles. The molecule has 0 atom stereocenters. The maximum atomic E-state index is 6.71. The van der Waals surface area contributed by atoms with Crippen LogP contribution in [0.5, 0.6) is 11.5 Å². The summed E-state index contributed by atoms with van der Waals surface area (Å²) in [5, 5.41) is 4.69. The standard InChI is InChI=1S/C42H50O2/c1-3-5-7-9-11-19-29-43-41-37-27-25-35(33-21-15-13-16-22-33)31-39(37)40-32-36(34-23-17-14-18-24-34)26-28-38(40)42(41)44-30-20-12-10-8-6-4-2/h13-18,21-28,31-32H,3-12,19-20,29-30H2,1-2H3. The minimum Gasteiger partial charge on any atom is -0.489 e.